The molecule has 1 unspecified atom stereocenters. The largest absolute Gasteiger partial charge is 0.489 e. The van der Waals surface area contributed by atoms with Crippen LogP contribution in [0.2, 0.25) is 5.02 Å². The van der Waals surface area contributed by atoms with Crippen molar-refractivity contribution in [3.8, 4) is 5.75 Å². The van der Waals surface area contributed by atoms with Gasteiger partial charge in [-0.2, -0.15) is 0 Å². The first-order valence-electron chi connectivity index (χ1n) is 9.32. The molecule has 1 N–H and O–H groups in total. The number of halogens is 2. The maximum absolute atomic E-state index is 6.15. The van der Waals surface area contributed by atoms with E-state index >= 15 is 0 Å². The Morgan fingerprint density at radius 2 is 1.96 bits per heavy atom. The van der Waals surface area contributed by atoms with Crippen LogP contribution in [0.4, 0.5) is 5.69 Å². The number of ether oxygens (including phenoxy) is 1. The Balaban J connectivity index is 1.27. The molecule has 1 saturated heterocycles. The molecule has 1 atom stereocenters. The van der Waals surface area contributed by atoms with Gasteiger partial charge in [-0.15, -0.1) is 0 Å². The van der Waals surface area contributed by atoms with Crippen molar-refractivity contribution in [1.29, 1.82) is 0 Å². The molecule has 5 heteroatoms. The summed E-state index contributed by atoms with van der Waals surface area (Å²) in [5.74, 6) is 1.70. The molecule has 0 aliphatic carbocycles. The van der Waals surface area contributed by atoms with E-state index in [2.05, 4.69) is 50.4 Å². The summed E-state index contributed by atoms with van der Waals surface area (Å²) >= 11 is 9.81. The molecule has 0 amide bonds. The predicted octanol–water partition coefficient (Wildman–Crippen LogP) is 5.23. The Morgan fingerprint density at radius 1 is 1.15 bits per heavy atom. The van der Waals surface area contributed by atoms with E-state index < -0.39 is 0 Å². The van der Waals surface area contributed by atoms with Gasteiger partial charge in [0.2, 0.25) is 0 Å². The minimum Gasteiger partial charge on any atom is -0.489 e. The third kappa shape index (κ3) is 4.36. The van der Waals surface area contributed by atoms with E-state index in [1.807, 2.05) is 18.2 Å². The first-order valence-corrected chi connectivity index (χ1v) is 10.5. The highest BCUT2D eigenvalue weighted by Crippen LogP contribution is 2.30. The lowest BCUT2D eigenvalue weighted by Gasteiger charge is -2.36. The number of anilines is 1. The van der Waals surface area contributed by atoms with Gasteiger partial charge in [-0.05, 0) is 74.2 Å². The summed E-state index contributed by atoms with van der Waals surface area (Å²) in [5.41, 5.74) is 2.44. The van der Waals surface area contributed by atoms with E-state index in [0.717, 1.165) is 55.0 Å². The van der Waals surface area contributed by atoms with Crippen LogP contribution in [-0.4, -0.2) is 37.2 Å². The molecular formula is C21H24BrClN2O. The van der Waals surface area contributed by atoms with Gasteiger partial charge >= 0.3 is 0 Å². The Bertz CT molecular complexity index is 761. The topological polar surface area (TPSA) is 24.5 Å². The number of benzene rings is 2. The van der Waals surface area contributed by atoms with Crippen LogP contribution in [0, 0.1) is 5.92 Å². The number of hydrogen-bond acceptors (Lipinski definition) is 3. The van der Waals surface area contributed by atoms with Gasteiger partial charge < -0.3 is 15.0 Å². The molecule has 2 aliphatic rings. The van der Waals surface area contributed by atoms with Crippen LogP contribution in [0.5, 0.6) is 5.75 Å². The summed E-state index contributed by atoms with van der Waals surface area (Å²) < 4.78 is 7.07. The maximum atomic E-state index is 6.15. The van der Waals surface area contributed by atoms with Crippen LogP contribution in [0.3, 0.4) is 0 Å². The van der Waals surface area contributed by atoms with Gasteiger partial charge in [0.05, 0.1) is 11.7 Å². The molecule has 2 heterocycles. The van der Waals surface area contributed by atoms with Gasteiger partial charge in [-0.3, -0.25) is 0 Å². The standard InChI is InChI=1S/C21H24BrClN2O/c22-19-6-5-17(23)12-16(19)11-15-7-9-25(10-8-15)13-18-14-26-21-4-2-1-3-20(21)24-18/h1-6,12,15,18,24H,7-11,13-14H2. The van der Waals surface area contributed by atoms with Crippen molar-refractivity contribution in [2.24, 2.45) is 5.92 Å². The van der Waals surface area contributed by atoms with Crippen molar-refractivity contribution in [2.45, 2.75) is 25.3 Å². The molecule has 0 bridgehead atoms. The molecule has 2 aliphatic heterocycles. The summed E-state index contributed by atoms with van der Waals surface area (Å²) in [6.45, 7) is 4.10. The zero-order chi connectivity index (χ0) is 17.9. The SMILES string of the molecule is Clc1ccc(Br)c(CC2CCN(CC3COc4ccccc4N3)CC2)c1. The molecule has 0 aromatic heterocycles. The third-order valence-electron chi connectivity index (χ3n) is 5.39. The van der Waals surface area contributed by atoms with Gasteiger partial charge in [-0.25, -0.2) is 0 Å². The van der Waals surface area contributed by atoms with Crippen molar-refractivity contribution in [1.82, 2.24) is 4.90 Å². The van der Waals surface area contributed by atoms with Crippen molar-refractivity contribution < 1.29 is 4.74 Å². The number of hydrogen-bond donors (Lipinski definition) is 1. The second-order valence-electron chi connectivity index (χ2n) is 7.33. The smallest absolute Gasteiger partial charge is 0.142 e. The van der Waals surface area contributed by atoms with Crippen LogP contribution < -0.4 is 10.1 Å². The highest BCUT2D eigenvalue weighted by Gasteiger charge is 2.25. The number of rotatable bonds is 4. The second-order valence-corrected chi connectivity index (χ2v) is 8.62. The normalized spacial score (nSPS) is 20.9. The molecule has 4 rings (SSSR count). The van der Waals surface area contributed by atoms with E-state index in [1.54, 1.807) is 0 Å². The van der Waals surface area contributed by atoms with Gasteiger partial charge in [-0.1, -0.05) is 39.7 Å². The molecule has 2 aromatic carbocycles. The zero-order valence-corrected chi connectivity index (χ0v) is 17.1. The number of likely N-dealkylation sites (tertiary alicyclic amines) is 1. The van der Waals surface area contributed by atoms with Crippen molar-refractivity contribution in [3.63, 3.8) is 0 Å². The molecule has 138 valence electrons. The third-order valence-corrected chi connectivity index (χ3v) is 6.40. The van der Waals surface area contributed by atoms with Crippen LogP contribution in [0.25, 0.3) is 0 Å². The van der Waals surface area contributed by atoms with Gasteiger partial charge in [0.25, 0.3) is 0 Å². The van der Waals surface area contributed by atoms with Crippen LogP contribution in [0.1, 0.15) is 18.4 Å². The summed E-state index contributed by atoms with van der Waals surface area (Å²) in [4.78, 5) is 2.57. The highest BCUT2D eigenvalue weighted by atomic mass is 79.9. The maximum Gasteiger partial charge on any atom is 0.142 e. The van der Waals surface area contributed by atoms with E-state index in [9.17, 15) is 0 Å². The van der Waals surface area contributed by atoms with E-state index in [1.165, 1.54) is 22.9 Å². The Hall–Kier alpha value is -1.23. The molecule has 0 spiro atoms. The molecule has 3 nitrogen and oxygen atoms in total. The zero-order valence-electron chi connectivity index (χ0n) is 14.8. The number of fused-ring (bicyclic) bond motifs is 1. The average molecular weight is 436 g/mol. The molecule has 0 saturated carbocycles. The Kier molecular flexibility index (Phi) is 5.72. The summed E-state index contributed by atoms with van der Waals surface area (Å²) in [6, 6.07) is 14.6. The first kappa shape index (κ1) is 18.1. The van der Waals surface area contributed by atoms with Crippen molar-refractivity contribution in [3.05, 3.63) is 57.5 Å². The predicted molar refractivity (Wildman–Crippen MR) is 111 cm³/mol. The van der Waals surface area contributed by atoms with Crippen LogP contribution in [0.15, 0.2) is 46.9 Å². The number of piperidine rings is 1. The molecule has 26 heavy (non-hydrogen) atoms. The monoisotopic (exact) mass is 434 g/mol. The van der Waals surface area contributed by atoms with E-state index in [4.69, 9.17) is 16.3 Å². The van der Waals surface area contributed by atoms with Crippen molar-refractivity contribution in [2.75, 3.05) is 31.6 Å². The van der Waals surface area contributed by atoms with Crippen LogP contribution in [-0.2, 0) is 6.42 Å². The minimum atomic E-state index is 0.364. The second kappa shape index (κ2) is 8.20. The van der Waals surface area contributed by atoms with Gasteiger partial charge in [0.1, 0.15) is 12.4 Å². The summed E-state index contributed by atoms with van der Waals surface area (Å²) in [5, 5.41) is 4.44. The lowest BCUT2D eigenvalue weighted by Crippen LogP contribution is -2.45. The summed E-state index contributed by atoms with van der Waals surface area (Å²) in [6.07, 6.45) is 3.58. The average Bonchev–Trinajstić information content (AvgIpc) is 2.66. The number of nitrogens with zero attached hydrogens (tertiary/aromatic N) is 1. The first-order chi connectivity index (χ1) is 12.7. The minimum absolute atomic E-state index is 0.364. The Labute approximate surface area is 168 Å². The van der Waals surface area contributed by atoms with E-state index in [0.29, 0.717) is 6.04 Å². The fourth-order valence-electron chi connectivity index (χ4n) is 3.96. The molecule has 2 aromatic rings. The quantitative estimate of drug-likeness (QED) is 0.711. The number of para-hydroxylation sites is 2. The molecular weight excluding hydrogens is 412 g/mol. The van der Waals surface area contributed by atoms with E-state index in [-0.39, 0.29) is 0 Å². The van der Waals surface area contributed by atoms with Gasteiger partial charge in [0.15, 0.2) is 0 Å². The summed E-state index contributed by atoms with van der Waals surface area (Å²) in [7, 11) is 0. The van der Waals surface area contributed by atoms with Crippen LogP contribution >= 0.6 is 27.5 Å². The Morgan fingerprint density at radius 3 is 2.81 bits per heavy atom. The molecule has 1 fully saturated rings. The van der Waals surface area contributed by atoms with Gasteiger partial charge in [0, 0.05) is 16.0 Å². The highest BCUT2D eigenvalue weighted by molar-refractivity contribution is 9.10. The number of nitrogens with one attached hydrogen (secondary N) is 1. The lowest BCUT2D eigenvalue weighted by molar-refractivity contribution is 0.160. The van der Waals surface area contributed by atoms with Crippen molar-refractivity contribution >= 4 is 33.2 Å². The molecule has 0 radical (unpaired) electrons. The fraction of sp³-hybridized carbons (Fsp3) is 0.429. The fourth-order valence-corrected chi connectivity index (χ4v) is 4.56. The lowest BCUT2D eigenvalue weighted by atomic mass is 9.90.